The highest BCUT2D eigenvalue weighted by Gasteiger charge is 2.12. The Morgan fingerprint density at radius 3 is 2.86 bits per heavy atom. The van der Waals surface area contributed by atoms with Gasteiger partial charge in [0.25, 0.3) is 0 Å². The van der Waals surface area contributed by atoms with Crippen LogP contribution >= 0.6 is 11.3 Å². The van der Waals surface area contributed by atoms with Gasteiger partial charge in [-0.3, -0.25) is 0 Å². The fourth-order valence-electron chi connectivity index (χ4n) is 2.10. The number of rotatable bonds is 3. The third kappa shape index (κ3) is 2.67. The molecule has 3 aromatic rings. The molecule has 0 aliphatic heterocycles. The van der Waals surface area contributed by atoms with Crippen LogP contribution in [0.15, 0.2) is 24.3 Å². The van der Waals surface area contributed by atoms with Gasteiger partial charge in [0.15, 0.2) is 5.82 Å². The van der Waals surface area contributed by atoms with Crippen LogP contribution in [-0.4, -0.2) is 9.97 Å². The number of ether oxygens (including phenoxy) is 1. The molecule has 0 unspecified atom stereocenters. The minimum absolute atomic E-state index is 0.152. The third-order valence-corrected chi connectivity index (χ3v) is 4.37. The number of nitrogens with two attached hydrogens (primary N) is 1. The first-order chi connectivity index (χ1) is 10.0. The molecule has 2 N–H and O–H groups in total. The SMILES string of the molecule is Cc1sc2nc(COc3cccc(F)c3)nc(N)c2c1C. The number of benzene rings is 1. The molecule has 0 aliphatic carbocycles. The second-order valence-corrected chi connectivity index (χ2v) is 5.94. The van der Waals surface area contributed by atoms with Gasteiger partial charge in [0.2, 0.25) is 0 Å². The van der Waals surface area contributed by atoms with Gasteiger partial charge in [-0.1, -0.05) is 6.07 Å². The Hall–Kier alpha value is -2.21. The van der Waals surface area contributed by atoms with Gasteiger partial charge in [0.05, 0.1) is 5.39 Å². The largest absolute Gasteiger partial charge is 0.486 e. The van der Waals surface area contributed by atoms with Gasteiger partial charge in [-0.05, 0) is 31.5 Å². The van der Waals surface area contributed by atoms with Crippen molar-refractivity contribution < 1.29 is 9.13 Å². The number of anilines is 1. The lowest BCUT2D eigenvalue weighted by molar-refractivity contribution is 0.295. The predicted molar refractivity (Wildman–Crippen MR) is 82.0 cm³/mol. The molecule has 0 aliphatic rings. The Kier molecular flexibility index (Phi) is 3.47. The average Bonchev–Trinajstić information content (AvgIpc) is 2.72. The van der Waals surface area contributed by atoms with Crippen molar-refractivity contribution in [3.8, 4) is 5.75 Å². The van der Waals surface area contributed by atoms with E-state index in [4.69, 9.17) is 10.5 Å². The van der Waals surface area contributed by atoms with E-state index in [2.05, 4.69) is 9.97 Å². The van der Waals surface area contributed by atoms with Crippen LogP contribution in [0.4, 0.5) is 10.2 Å². The Morgan fingerprint density at radius 2 is 2.10 bits per heavy atom. The van der Waals surface area contributed by atoms with Crippen molar-refractivity contribution in [1.29, 1.82) is 0 Å². The zero-order valence-electron chi connectivity index (χ0n) is 11.7. The van der Waals surface area contributed by atoms with Crippen LogP contribution in [0.5, 0.6) is 5.75 Å². The second-order valence-electron chi connectivity index (χ2n) is 4.73. The lowest BCUT2D eigenvalue weighted by atomic mass is 10.2. The highest BCUT2D eigenvalue weighted by Crippen LogP contribution is 2.31. The van der Waals surface area contributed by atoms with E-state index in [1.165, 1.54) is 17.0 Å². The molecular formula is C15H14FN3OS. The van der Waals surface area contributed by atoms with E-state index < -0.39 is 0 Å². The zero-order valence-corrected chi connectivity index (χ0v) is 12.5. The summed E-state index contributed by atoms with van der Waals surface area (Å²) in [4.78, 5) is 10.8. The summed E-state index contributed by atoms with van der Waals surface area (Å²) in [5.74, 6) is 1.05. The minimum Gasteiger partial charge on any atom is -0.486 e. The van der Waals surface area contributed by atoms with Crippen molar-refractivity contribution in [3.63, 3.8) is 0 Å². The van der Waals surface area contributed by atoms with Gasteiger partial charge in [0, 0.05) is 10.9 Å². The molecule has 2 aromatic heterocycles. The molecule has 0 saturated heterocycles. The summed E-state index contributed by atoms with van der Waals surface area (Å²) in [5, 5.41) is 0.909. The maximum atomic E-state index is 13.1. The lowest BCUT2D eigenvalue weighted by Gasteiger charge is -2.06. The molecule has 0 spiro atoms. The standard InChI is InChI=1S/C15H14FN3OS/c1-8-9(2)21-15-13(8)14(17)18-12(19-15)7-20-11-5-3-4-10(16)6-11/h3-6H,7H2,1-2H3,(H2,17,18,19). The van der Waals surface area contributed by atoms with Crippen LogP contribution in [-0.2, 0) is 6.61 Å². The summed E-state index contributed by atoms with van der Waals surface area (Å²) in [6, 6.07) is 5.96. The lowest BCUT2D eigenvalue weighted by Crippen LogP contribution is -2.04. The molecule has 0 amide bonds. The number of nitrogen functional groups attached to an aromatic ring is 1. The number of aryl methyl sites for hydroxylation is 2. The van der Waals surface area contributed by atoms with Gasteiger partial charge in [-0.25, -0.2) is 14.4 Å². The maximum Gasteiger partial charge on any atom is 0.169 e. The molecule has 2 heterocycles. The second kappa shape index (κ2) is 5.29. The highest BCUT2D eigenvalue weighted by atomic mass is 32.1. The van der Waals surface area contributed by atoms with Gasteiger partial charge in [-0.2, -0.15) is 0 Å². The summed E-state index contributed by atoms with van der Waals surface area (Å²) in [6.45, 7) is 4.19. The number of thiophene rings is 1. The number of halogens is 1. The Labute approximate surface area is 125 Å². The van der Waals surface area contributed by atoms with Crippen molar-refractivity contribution in [1.82, 2.24) is 9.97 Å². The van der Waals surface area contributed by atoms with E-state index in [9.17, 15) is 4.39 Å². The predicted octanol–water partition coefficient (Wildman–Crippen LogP) is 3.61. The smallest absolute Gasteiger partial charge is 0.169 e. The molecule has 6 heteroatoms. The summed E-state index contributed by atoms with van der Waals surface area (Å²) < 4.78 is 18.6. The van der Waals surface area contributed by atoms with Gasteiger partial charge in [0.1, 0.15) is 28.8 Å². The normalized spacial score (nSPS) is 11.0. The molecule has 21 heavy (non-hydrogen) atoms. The fraction of sp³-hybridized carbons (Fsp3) is 0.200. The molecule has 1 aromatic carbocycles. The monoisotopic (exact) mass is 303 g/mol. The highest BCUT2D eigenvalue weighted by molar-refractivity contribution is 7.18. The Balaban J connectivity index is 1.88. The van der Waals surface area contributed by atoms with Crippen LogP contribution < -0.4 is 10.5 Å². The van der Waals surface area contributed by atoms with Crippen LogP contribution in [0.1, 0.15) is 16.3 Å². The number of hydrogen-bond donors (Lipinski definition) is 1. The molecule has 108 valence electrons. The quantitative estimate of drug-likeness (QED) is 0.803. The van der Waals surface area contributed by atoms with E-state index in [0.29, 0.717) is 17.4 Å². The molecule has 0 bridgehead atoms. The number of aromatic nitrogens is 2. The van der Waals surface area contributed by atoms with E-state index in [1.54, 1.807) is 23.5 Å². The number of nitrogens with zero attached hydrogens (tertiary/aromatic N) is 2. The maximum absolute atomic E-state index is 13.1. The van der Waals surface area contributed by atoms with E-state index in [1.807, 2.05) is 13.8 Å². The van der Waals surface area contributed by atoms with Crippen LogP contribution in [0.3, 0.4) is 0 Å². The molecule has 4 nitrogen and oxygen atoms in total. The van der Waals surface area contributed by atoms with Crippen LogP contribution in [0.2, 0.25) is 0 Å². The van der Waals surface area contributed by atoms with E-state index in [0.717, 1.165) is 15.8 Å². The topological polar surface area (TPSA) is 61.0 Å². The summed E-state index contributed by atoms with van der Waals surface area (Å²) in [5.41, 5.74) is 7.12. The summed E-state index contributed by atoms with van der Waals surface area (Å²) in [6.07, 6.45) is 0. The average molecular weight is 303 g/mol. The number of hydrogen-bond acceptors (Lipinski definition) is 5. The molecule has 3 rings (SSSR count). The first-order valence-electron chi connectivity index (χ1n) is 6.45. The van der Waals surface area contributed by atoms with Crippen molar-refractivity contribution in [2.24, 2.45) is 0 Å². The third-order valence-electron chi connectivity index (χ3n) is 3.27. The van der Waals surface area contributed by atoms with Gasteiger partial charge in [-0.15, -0.1) is 11.3 Å². The van der Waals surface area contributed by atoms with E-state index in [-0.39, 0.29) is 12.4 Å². The summed E-state index contributed by atoms with van der Waals surface area (Å²) in [7, 11) is 0. The van der Waals surface area contributed by atoms with Crippen LogP contribution in [0, 0.1) is 19.7 Å². The van der Waals surface area contributed by atoms with E-state index >= 15 is 0 Å². The zero-order chi connectivity index (χ0) is 15.0. The van der Waals surface area contributed by atoms with Gasteiger partial charge >= 0.3 is 0 Å². The van der Waals surface area contributed by atoms with Crippen molar-refractivity contribution in [3.05, 3.63) is 46.3 Å². The van der Waals surface area contributed by atoms with Crippen molar-refractivity contribution in [2.75, 3.05) is 5.73 Å². The Bertz CT molecular complexity index is 816. The van der Waals surface area contributed by atoms with Crippen LogP contribution in [0.25, 0.3) is 10.2 Å². The molecule has 0 atom stereocenters. The number of fused-ring (bicyclic) bond motifs is 1. The van der Waals surface area contributed by atoms with Crippen molar-refractivity contribution in [2.45, 2.75) is 20.5 Å². The first-order valence-corrected chi connectivity index (χ1v) is 7.26. The minimum atomic E-state index is -0.340. The molecular weight excluding hydrogens is 289 g/mol. The molecule has 0 radical (unpaired) electrons. The van der Waals surface area contributed by atoms with Gasteiger partial charge < -0.3 is 10.5 Å². The molecule has 0 saturated carbocycles. The Morgan fingerprint density at radius 1 is 1.29 bits per heavy atom. The first kappa shape index (κ1) is 13.8. The van der Waals surface area contributed by atoms with Crippen molar-refractivity contribution >= 4 is 27.4 Å². The fourth-order valence-corrected chi connectivity index (χ4v) is 3.15. The summed E-state index contributed by atoms with van der Waals surface area (Å²) >= 11 is 1.58. The molecule has 0 fully saturated rings.